The summed E-state index contributed by atoms with van der Waals surface area (Å²) in [6, 6.07) is -5.10. The molecule has 0 aliphatic carbocycles. The van der Waals surface area contributed by atoms with Gasteiger partial charge < -0.3 is 60.3 Å². The fourth-order valence-corrected chi connectivity index (χ4v) is 6.40. The molecule has 0 saturated heterocycles. The number of hydrogen-bond acceptors (Lipinski definition) is 18. The van der Waals surface area contributed by atoms with Crippen molar-refractivity contribution in [2.75, 3.05) is 53.0 Å². The van der Waals surface area contributed by atoms with Gasteiger partial charge in [-0.15, -0.1) is 0 Å². The number of methoxy groups -OCH3 is 4. The predicted octanol–water partition coefficient (Wildman–Crippen LogP) is -0.391. The Morgan fingerprint density at radius 1 is 0.483 bits per heavy atom. The molecule has 0 spiro atoms. The second-order valence-electron chi connectivity index (χ2n) is 13.9. The Bertz CT molecular complexity index is 1350. The topological polar surface area (TPSA) is 298 Å². The quantitative estimate of drug-likeness (QED) is 0.0330. The second kappa shape index (κ2) is 26.8. The summed E-state index contributed by atoms with van der Waals surface area (Å²) in [4.78, 5) is 124. The van der Waals surface area contributed by atoms with E-state index < -0.39 is 108 Å². The second-order valence-corrected chi connectivity index (χ2v) is 16.5. The number of esters is 4. The first-order valence-corrected chi connectivity index (χ1v) is 20.1. The number of ether oxygens (including phenoxy) is 6. The van der Waals surface area contributed by atoms with Crippen LogP contribution in [-0.4, -0.2) is 148 Å². The zero-order valence-corrected chi connectivity index (χ0v) is 35.9. The molecule has 0 radical (unpaired) electrons. The number of carbonyl (C=O) groups excluding carboxylic acids is 10. The Morgan fingerprint density at radius 3 is 1.09 bits per heavy atom. The lowest BCUT2D eigenvalue weighted by molar-refractivity contribution is -0.144. The molecule has 6 amide bonds. The number of carbonyl (C=O) groups is 10. The highest BCUT2D eigenvalue weighted by atomic mass is 33.1. The summed E-state index contributed by atoms with van der Waals surface area (Å²) in [7, 11) is 6.38. The van der Waals surface area contributed by atoms with Crippen molar-refractivity contribution in [3.63, 3.8) is 0 Å². The summed E-state index contributed by atoms with van der Waals surface area (Å²) in [5.41, 5.74) is -1.75. The Kier molecular flexibility index (Phi) is 24.5. The summed E-state index contributed by atoms with van der Waals surface area (Å²) in [6.07, 6.45) is -3.07. The predicted molar refractivity (Wildman–Crippen MR) is 208 cm³/mol. The Labute approximate surface area is 344 Å². The third-order valence-corrected chi connectivity index (χ3v) is 9.22. The highest BCUT2D eigenvalue weighted by Gasteiger charge is 2.30. The van der Waals surface area contributed by atoms with E-state index >= 15 is 0 Å². The van der Waals surface area contributed by atoms with Crippen molar-refractivity contribution in [2.24, 2.45) is 0 Å². The molecule has 0 rings (SSSR count). The van der Waals surface area contributed by atoms with E-state index in [1.807, 2.05) is 0 Å². The molecule has 0 aromatic rings. The minimum Gasteiger partial charge on any atom is -0.468 e. The van der Waals surface area contributed by atoms with Crippen molar-refractivity contribution in [3.8, 4) is 0 Å². The standard InChI is InChI=1S/C34H56N6O16S2/c1-33(2,3)55-31(49)39-19(29(47)53-9)11-13-23(41)37-21(27(45)35-15-25(43)51-7)17-57-58-18-22(28(46)36-16-26(44)52-8)38-24(42)14-12-20(30(48)54-10)40-32(50)56-34(4,5)6/h19-22H,11-18H2,1-10H3,(H,35,45)(H,36,46)(H,37,41)(H,38,42)(H,39,49)(H,40,50)/t19-,20-,21+,22+/m1/s1. The fourth-order valence-electron chi connectivity index (χ4n) is 4.07. The van der Waals surface area contributed by atoms with Crippen molar-refractivity contribution < 1.29 is 76.4 Å². The van der Waals surface area contributed by atoms with Gasteiger partial charge in [-0.05, 0) is 54.4 Å². The Balaban J connectivity index is 5.80. The van der Waals surface area contributed by atoms with Gasteiger partial charge in [0, 0.05) is 24.3 Å². The van der Waals surface area contributed by atoms with E-state index in [2.05, 4.69) is 41.4 Å². The number of nitrogens with one attached hydrogen (secondary N) is 6. The van der Waals surface area contributed by atoms with Crippen LogP contribution in [0.3, 0.4) is 0 Å². The molecule has 0 fully saturated rings. The van der Waals surface area contributed by atoms with Gasteiger partial charge in [0.05, 0.1) is 28.4 Å². The minimum atomic E-state index is -1.28. The van der Waals surface area contributed by atoms with E-state index in [0.29, 0.717) is 0 Å². The van der Waals surface area contributed by atoms with E-state index in [1.54, 1.807) is 41.5 Å². The summed E-state index contributed by atoms with van der Waals surface area (Å²) >= 11 is 0. The summed E-state index contributed by atoms with van der Waals surface area (Å²) in [5.74, 6) is -6.57. The minimum absolute atomic E-state index is 0.151. The lowest BCUT2D eigenvalue weighted by Crippen LogP contribution is -2.50. The van der Waals surface area contributed by atoms with Crippen LogP contribution < -0.4 is 31.9 Å². The number of hydrogen-bond donors (Lipinski definition) is 6. The average molecular weight is 869 g/mol. The molecule has 0 aliphatic rings. The highest BCUT2D eigenvalue weighted by Crippen LogP contribution is 2.23. The smallest absolute Gasteiger partial charge is 0.408 e. The molecule has 0 aromatic carbocycles. The van der Waals surface area contributed by atoms with Crippen LogP contribution in [0, 0.1) is 0 Å². The summed E-state index contributed by atoms with van der Waals surface area (Å²) in [5, 5.41) is 14.3. The van der Waals surface area contributed by atoms with Crippen LogP contribution in [0.1, 0.15) is 67.2 Å². The number of alkyl carbamates (subject to hydrolysis) is 2. The SMILES string of the molecule is COC(=O)CNC(=O)[C@H](CSSC[C@H](NC(=O)CC[C@@H](NC(=O)OC(C)(C)C)C(=O)OC)C(=O)NCC(=O)OC)NC(=O)CC[C@@H](NC(=O)OC(C)(C)C)C(=O)OC. The Hall–Kier alpha value is -5.00. The van der Waals surface area contributed by atoms with E-state index in [4.69, 9.17) is 18.9 Å². The van der Waals surface area contributed by atoms with Gasteiger partial charge in [0.2, 0.25) is 23.6 Å². The average Bonchev–Trinajstić information content (AvgIpc) is 3.13. The molecule has 58 heavy (non-hydrogen) atoms. The fraction of sp³-hybridized carbons (Fsp3) is 0.706. The van der Waals surface area contributed by atoms with Gasteiger partial charge >= 0.3 is 36.1 Å². The van der Waals surface area contributed by atoms with Crippen LogP contribution in [0.4, 0.5) is 9.59 Å². The van der Waals surface area contributed by atoms with Crippen molar-refractivity contribution in [1.82, 2.24) is 31.9 Å². The molecule has 4 atom stereocenters. The van der Waals surface area contributed by atoms with Crippen LogP contribution in [0.25, 0.3) is 0 Å². The van der Waals surface area contributed by atoms with Crippen LogP contribution in [0.5, 0.6) is 0 Å². The van der Waals surface area contributed by atoms with Crippen molar-refractivity contribution >= 4 is 81.3 Å². The van der Waals surface area contributed by atoms with E-state index in [-0.39, 0.29) is 37.2 Å². The van der Waals surface area contributed by atoms with E-state index in [0.717, 1.165) is 50.0 Å². The van der Waals surface area contributed by atoms with Gasteiger partial charge in [0.25, 0.3) is 0 Å². The highest BCUT2D eigenvalue weighted by molar-refractivity contribution is 8.76. The molecule has 0 aromatic heterocycles. The lowest BCUT2D eigenvalue weighted by Gasteiger charge is -2.23. The Morgan fingerprint density at radius 2 is 0.810 bits per heavy atom. The third kappa shape index (κ3) is 24.6. The van der Waals surface area contributed by atoms with Gasteiger partial charge in [-0.1, -0.05) is 21.6 Å². The first kappa shape index (κ1) is 53.0. The molecule has 0 heterocycles. The van der Waals surface area contributed by atoms with E-state index in [1.165, 1.54) is 0 Å². The van der Waals surface area contributed by atoms with Crippen LogP contribution in [0.15, 0.2) is 0 Å². The van der Waals surface area contributed by atoms with E-state index in [9.17, 15) is 47.9 Å². The summed E-state index contributed by atoms with van der Waals surface area (Å²) < 4.78 is 28.8. The normalized spacial score (nSPS) is 13.1. The van der Waals surface area contributed by atoms with Crippen LogP contribution in [-0.2, 0) is 66.8 Å². The van der Waals surface area contributed by atoms with Crippen molar-refractivity contribution in [1.29, 1.82) is 0 Å². The molecule has 22 nitrogen and oxygen atoms in total. The maximum atomic E-state index is 13.0. The molecule has 24 heteroatoms. The third-order valence-electron chi connectivity index (χ3n) is 6.80. The largest absolute Gasteiger partial charge is 0.468 e. The van der Waals surface area contributed by atoms with Crippen molar-refractivity contribution in [3.05, 3.63) is 0 Å². The first-order valence-electron chi connectivity index (χ1n) is 17.6. The zero-order chi connectivity index (χ0) is 44.6. The molecule has 0 unspecified atom stereocenters. The monoisotopic (exact) mass is 868 g/mol. The maximum Gasteiger partial charge on any atom is 0.408 e. The zero-order valence-electron chi connectivity index (χ0n) is 34.3. The molecule has 0 saturated carbocycles. The molecule has 0 aliphatic heterocycles. The summed E-state index contributed by atoms with van der Waals surface area (Å²) in [6.45, 7) is 8.64. The molecule has 330 valence electrons. The van der Waals surface area contributed by atoms with Gasteiger partial charge in [-0.3, -0.25) is 28.8 Å². The van der Waals surface area contributed by atoms with Gasteiger partial charge in [-0.2, -0.15) is 0 Å². The van der Waals surface area contributed by atoms with Gasteiger partial charge in [0.1, 0.15) is 48.5 Å². The lowest BCUT2D eigenvalue weighted by atomic mass is 10.1. The van der Waals surface area contributed by atoms with Crippen LogP contribution in [0.2, 0.25) is 0 Å². The molecular weight excluding hydrogens is 813 g/mol. The van der Waals surface area contributed by atoms with Gasteiger partial charge in [-0.25, -0.2) is 19.2 Å². The molecular formula is C34H56N6O16S2. The maximum absolute atomic E-state index is 13.0. The number of amides is 6. The van der Waals surface area contributed by atoms with Crippen molar-refractivity contribution in [2.45, 2.75) is 103 Å². The van der Waals surface area contributed by atoms with Gasteiger partial charge in [0.15, 0.2) is 0 Å². The molecule has 6 N–H and O–H groups in total. The molecule has 0 bridgehead atoms. The van der Waals surface area contributed by atoms with Crippen LogP contribution >= 0.6 is 21.6 Å². The number of rotatable bonds is 23. The first-order chi connectivity index (χ1) is 26.9.